The quantitative estimate of drug-likeness (QED) is 0.694. The number of carbonyl (C=O) groups excluding carboxylic acids is 2. The highest BCUT2D eigenvalue weighted by Crippen LogP contribution is 2.17. The number of fused-ring (bicyclic) bond motifs is 1. The Bertz CT molecular complexity index is 734. The fourth-order valence-corrected chi connectivity index (χ4v) is 1.81. The van der Waals surface area contributed by atoms with Crippen molar-refractivity contribution in [3.8, 4) is 11.8 Å². The molecule has 1 heterocycles. The van der Waals surface area contributed by atoms with Crippen molar-refractivity contribution in [3.63, 3.8) is 0 Å². The molecule has 0 bridgehead atoms. The smallest absolute Gasteiger partial charge is 0.354 e. The van der Waals surface area contributed by atoms with E-state index in [1.165, 1.54) is 7.11 Å². The van der Waals surface area contributed by atoms with Crippen molar-refractivity contribution < 1.29 is 19.1 Å². The van der Waals surface area contributed by atoms with Crippen LogP contribution in [0, 0.1) is 11.8 Å². The van der Waals surface area contributed by atoms with Gasteiger partial charge in [-0.2, -0.15) is 0 Å². The number of nitrogens with one attached hydrogen (secondary N) is 1. The third-order valence-electron chi connectivity index (χ3n) is 2.81. The van der Waals surface area contributed by atoms with E-state index in [1.54, 1.807) is 13.0 Å². The van der Waals surface area contributed by atoms with Gasteiger partial charge in [0.1, 0.15) is 12.1 Å². The number of H-pyrrole nitrogens is 1. The van der Waals surface area contributed by atoms with E-state index in [0.717, 1.165) is 16.5 Å². The molecule has 0 radical (unpaired) electrons. The molecule has 0 aliphatic heterocycles. The molecule has 5 nitrogen and oxygen atoms in total. The van der Waals surface area contributed by atoms with Crippen LogP contribution in [0.2, 0.25) is 0 Å². The number of methoxy groups -OCH3 is 1. The van der Waals surface area contributed by atoms with E-state index in [-0.39, 0.29) is 18.4 Å². The molecule has 0 saturated carbocycles. The highest BCUT2D eigenvalue weighted by atomic mass is 16.5. The minimum atomic E-state index is -0.382. The molecule has 5 heteroatoms. The van der Waals surface area contributed by atoms with Crippen LogP contribution in [0.5, 0.6) is 0 Å². The number of aromatic nitrogens is 1. The van der Waals surface area contributed by atoms with Gasteiger partial charge in [0, 0.05) is 16.5 Å². The van der Waals surface area contributed by atoms with Gasteiger partial charge in [0.25, 0.3) is 0 Å². The number of carbonyl (C=O) groups is 2. The van der Waals surface area contributed by atoms with Gasteiger partial charge in [0.2, 0.25) is 0 Å². The molecular weight excluding hydrogens is 270 g/mol. The van der Waals surface area contributed by atoms with Crippen molar-refractivity contribution in [1.29, 1.82) is 0 Å². The van der Waals surface area contributed by atoms with Crippen LogP contribution in [0.4, 0.5) is 0 Å². The van der Waals surface area contributed by atoms with Crippen molar-refractivity contribution in [2.24, 2.45) is 0 Å². The lowest BCUT2D eigenvalue weighted by Crippen LogP contribution is -2.04. The van der Waals surface area contributed by atoms with Gasteiger partial charge in [0.15, 0.2) is 0 Å². The summed E-state index contributed by atoms with van der Waals surface area (Å²) in [5, 5.41) is 0.900. The summed E-state index contributed by atoms with van der Waals surface area (Å²) in [7, 11) is 1.33. The van der Waals surface area contributed by atoms with Crippen molar-refractivity contribution in [3.05, 3.63) is 35.5 Å². The summed E-state index contributed by atoms with van der Waals surface area (Å²) in [6.07, 6.45) is 0.0489. The van der Waals surface area contributed by atoms with Gasteiger partial charge in [0.05, 0.1) is 13.7 Å². The average molecular weight is 285 g/mol. The van der Waals surface area contributed by atoms with Crippen molar-refractivity contribution in [1.82, 2.24) is 4.98 Å². The van der Waals surface area contributed by atoms with Crippen LogP contribution in [-0.4, -0.2) is 30.6 Å². The molecule has 0 spiro atoms. The summed E-state index contributed by atoms with van der Waals surface area (Å²) in [4.78, 5) is 25.6. The maximum atomic E-state index is 11.6. The molecule has 1 N–H and O–H groups in total. The predicted octanol–water partition coefficient (Wildman–Crippen LogP) is 2.26. The van der Waals surface area contributed by atoms with E-state index in [1.807, 2.05) is 18.2 Å². The van der Waals surface area contributed by atoms with Gasteiger partial charge >= 0.3 is 11.9 Å². The Morgan fingerprint density at radius 2 is 2.10 bits per heavy atom. The van der Waals surface area contributed by atoms with Crippen LogP contribution in [-0.2, 0) is 14.3 Å². The first-order valence-corrected chi connectivity index (χ1v) is 6.49. The minimum absolute atomic E-state index is 0.0489. The molecule has 2 aromatic rings. The monoisotopic (exact) mass is 285 g/mol. The first kappa shape index (κ1) is 14.7. The first-order chi connectivity index (χ1) is 10.1. The Morgan fingerprint density at radius 3 is 2.81 bits per heavy atom. The van der Waals surface area contributed by atoms with Gasteiger partial charge in [-0.25, -0.2) is 4.79 Å². The number of esters is 2. The number of hydrogen-bond donors (Lipinski definition) is 1. The molecule has 1 aromatic heterocycles. The Morgan fingerprint density at radius 1 is 1.29 bits per heavy atom. The molecule has 108 valence electrons. The fraction of sp³-hybridized carbons (Fsp3) is 0.250. The topological polar surface area (TPSA) is 68.4 Å². The van der Waals surface area contributed by atoms with Crippen molar-refractivity contribution in [2.45, 2.75) is 13.3 Å². The Kier molecular flexibility index (Phi) is 4.62. The number of aromatic amines is 1. The molecular formula is C16H15NO4. The SMILES string of the molecule is CCOC(=O)c1cc2ccc(C#CCC(=O)OC)cc2[nH]1. The lowest BCUT2D eigenvalue weighted by molar-refractivity contribution is -0.139. The van der Waals surface area contributed by atoms with Crippen LogP contribution in [0.25, 0.3) is 10.9 Å². The van der Waals surface area contributed by atoms with Gasteiger partial charge < -0.3 is 14.5 Å². The summed E-state index contributed by atoms with van der Waals surface area (Å²) in [6, 6.07) is 7.24. The number of benzene rings is 1. The lowest BCUT2D eigenvalue weighted by Gasteiger charge is -1.96. The highest BCUT2D eigenvalue weighted by molar-refractivity contribution is 5.95. The van der Waals surface area contributed by atoms with Gasteiger partial charge in [-0.3, -0.25) is 4.79 Å². The zero-order chi connectivity index (χ0) is 15.2. The second-order valence-corrected chi connectivity index (χ2v) is 4.26. The highest BCUT2D eigenvalue weighted by Gasteiger charge is 2.10. The largest absolute Gasteiger partial charge is 0.468 e. The molecule has 2 rings (SSSR count). The maximum Gasteiger partial charge on any atom is 0.354 e. The summed E-state index contributed by atoms with van der Waals surface area (Å²) >= 11 is 0. The molecule has 0 amide bonds. The normalized spacial score (nSPS) is 9.81. The average Bonchev–Trinajstić information content (AvgIpc) is 2.90. The van der Waals surface area contributed by atoms with Crippen LogP contribution in [0.3, 0.4) is 0 Å². The van der Waals surface area contributed by atoms with Gasteiger partial charge in [-0.15, -0.1) is 0 Å². The first-order valence-electron chi connectivity index (χ1n) is 6.49. The predicted molar refractivity (Wildman–Crippen MR) is 77.8 cm³/mol. The molecule has 21 heavy (non-hydrogen) atoms. The number of hydrogen-bond acceptors (Lipinski definition) is 4. The van der Waals surface area contributed by atoms with E-state index >= 15 is 0 Å². The van der Waals surface area contributed by atoms with Crippen LogP contribution < -0.4 is 0 Å². The van der Waals surface area contributed by atoms with E-state index in [0.29, 0.717) is 12.3 Å². The zero-order valence-electron chi connectivity index (χ0n) is 11.9. The Hall–Kier alpha value is -2.74. The number of ether oxygens (including phenoxy) is 2. The second-order valence-electron chi connectivity index (χ2n) is 4.26. The third-order valence-corrected chi connectivity index (χ3v) is 2.81. The molecule has 0 saturated heterocycles. The van der Waals surface area contributed by atoms with Crippen LogP contribution in [0.1, 0.15) is 29.4 Å². The van der Waals surface area contributed by atoms with Gasteiger partial charge in [-0.1, -0.05) is 17.9 Å². The van der Waals surface area contributed by atoms with Crippen molar-refractivity contribution in [2.75, 3.05) is 13.7 Å². The minimum Gasteiger partial charge on any atom is -0.468 e. The van der Waals surface area contributed by atoms with Crippen LogP contribution in [0.15, 0.2) is 24.3 Å². The maximum absolute atomic E-state index is 11.6. The van der Waals surface area contributed by atoms with Crippen molar-refractivity contribution >= 4 is 22.8 Å². The molecule has 0 unspecified atom stereocenters. The summed E-state index contributed by atoms with van der Waals surface area (Å²) < 4.78 is 9.45. The standard InChI is InChI=1S/C16H15NO4/c1-3-21-16(19)14-10-12-8-7-11(9-13(12)17-14)5-4-6-15(18)20-2/h7-10,17H,3,6H2,1-2H3. The van der Waals surface area contributed by atoms with E-state index in [4.69, 9.17) is 4.74 Å². The molecule has 0 aliphatic rings. The second kappa shape index (κ2) is 6.62. The third kappa shape index (κ3) is 3.63. The fourth-order valence-electron chi connectivity index (χ4n) is 1.81. The number of rotatable bonds is 3. The Balaban J connectivity index is 2.21. The van der Waals surface area contributed by atoms with E-state index in [9.17, 15) is 9.59 Å². The summed E-state index contributed by atoms with van der Waals surface area (Å²) in [5.74, 6) is 4.87. The zero-order valence-corrected chi connectivity index (χ0v) is 11.9. The van der Waals surface area contributed by atoms with Crippen LogP contribution >= 0.6 is 0 Å². The summed E-state index contributed by atoms with van der Waals surface area (Å²) in [6.45, 7) is 2.09. The molecule has 0 aliphatic carbocycles. The molecule has 1 aromatic carbocycles. The Labute approximate surface area is 122 Å². The summed E-state index contributed by atoms with van der Waals surface area (Å²) in [5.41, 5.74) is 1.96. The van der Waals surface area contributed by atoms with Gasteiger partial charge in [-0.05, 0) is 25.1 Å². The molecule has 0 fully saturated rings. The van der Waals surface area contributed by atoms with E-state index < -0.39 is 0 Å². The molecule has 0 atom stereocenters. The lowest BCUT2D eigenvalue weighted by atomic mass is 10.1. The van der Waals surface area contributed by atoms with E-state index in [2.05, 4.69) is 21.6 Å².